The van der Waals surface area contributed by atoms with E-state index >= 15 is 0 Å². The van der Waals surface area contributed by atoms with Gasteiger partial charge in [0.2, 0.25) is 0 Å². The van der Waals surface area contributed by atoms with Gasteiger partial charge in [0.05, 0.1) is 5.69 Å². The van der Waals surface area contributed by atoms with Crippen LogP contribution in [-0.2, 0) is 4.79 Å². The van der Waals surface area contributed by atoms with Gasteiger partial charge >= 0.3 is 0 Å². The molecule has 138 valence electrons. The zero-order chi connectivity index (χ0) is 19.8. The largest absolute Gasteiger partial charge is 0.268 e. The second-order valence-electron chi connectivity index (χ2n) is 6.52. The fraction of sp³-hybridized carbons (Fsp3) is 0.0435. The van der Waals surface area contributed by atoms with Crippen LogP contribution in [0.4, 0.5) is 14.5 Å². The molecule has 0 radical (unpaired) electrons. The van der Waals surface area contributed by atoms with Gasteiger partial charge in [0.15, 0.2) is 0 Å². The summed E-state index contributed by atoms with van der Waals surface area (Å²) in [7, 11) is 0. The summed E-state index contributed by atoms with van der Waals surface area (Å²) in [6.07, 6.45) is 1.17. The molecule has 0 aliphatic carbocycles. The summed E-state index contributed by atoms with van der Waals surface area (Å²) in [5.41, 5.74) is 1.67. The van der Waals surface area contributed by atoms with Gasteiger partial charge in [-0.15, -0.1) is 0 Å². The first-order valence-corrected chi connectivity index (χ1v) is 8.68. The number of halogens is 2. The molecule has 28 heavy (non-hydrogen) atoms. The lowest BCUT2D eigenvalue weighted by molar-refractivity contribution is -0.112. The molecule has 1 aliphatic heterocycles. The van der Waals surface area contributed by atoms with Crippen molar-refractivity contribution in [1.82, 2.24) is 0 Å². The van der Waals surface area contributed by atoms with Crippen LogP contribution < -0.4 is 4.90 Å². The van der Waals surface area contributed by atoms with Gasteiger partial charge in [-0.3, -0.25) is 9.59 Å². The molecule has 0 spiro atoms. The second-order valence-corrected chi connectivity index (χ2v) is 6.52. The van der Waals surface area contributed by atoms with Crippen molar-refractivity contribution in [2.24, 2.45) is 0 Å². The number of rotatable bonds is 2. The Morgan fingerprint density at radius 1 is 0.786 bits per heavy atom. The first-order chi connectivity index (χ1) is 13.5. The van der Waals surface area contributed by atoms with Crippen molar-refractivity contribution in [3.8, 4) is 0 Å². The van der Waals surface area contributed by atoms with Crippen molar-refractivity contribution in [2.75, 3.05) is 4.90 Å². The van der Waals surface area contributed by atoms with Crippen LogP contribution in [0, 0.1) is 18.6 Å². The smallest absolute Gasteiger partial charge is 0.265 e. The topological polar surface area (TPSA) is 37.4 Å². The molecule has 2 amide bonds. The van der Waals surface area contributed by atoms with Crippen LogP contribution in [-0.4, -0.2) is 11.8 Å². The molecule has 0 fully saturated rings. The minimum atomic E-state index is -0.781. The molecular formula is C23H15F2NO2. The van der Waals surface area contributed by atoms with E-state index in [0.717, 1.165) is 22.6 Å². The van der Waals surface area contributed by atoms with E-state index in [1.807, 2.05) is 13.0 Å². The Kier molecular flexibility index (Phi) is 4.35. The molecular weight excluding hydrogens is 360 g/mol. The fourth-order valence-electron chi connectivity index (χ4n) is 3.29. The molecule has 3 aromatic rings. The third-order valence-electron chi connectivity index (χ3n) is 4.63. The lowest BCUT2D eigenvalue weighted by Crippen LogP contribution is -2.41. The van der Waals surface area contributed by atoms with E-state index in [1.165, 1.54) is 12.1 Å². The first-order valence-electron chi connectivity index (χ1n) is 8.68. The molecule has 1 aliphatic rings. The fourth-order valence-corrected chi connectivity index (χ4v) is 3.29. The third-order valence-corrected chi connectivity index (χ3v) is 4.63. The van der Waals surface area contributed by atoms with Crippen molar-refractivity contribution in [3.63, 3.8) is 0 Å². The Morgan fingerprint density at radius 3 is 2.11 bits per heavy atom. The Bertz CT molecular complexity index is 1130. The molecule has 0 saturated carbocycles. The maximum Gasteiger partial charge on any atom is 0.265 e. The highest BCUT2D eigenvalue weighted by molar-refractivity contribution is 6.43. The molecule has 0 N–H and O–H groups in total. The van der Waals surface area contributed by atoms with E-state index in [4.69, 9.17) is 0 Å². The van der Waals surface area contributed by atoms with Gasteiger partial charge in [-0.2, -0.15) is 0 Å². The van der Waals surface area contributed by atoms with Crippen molar-refractivity contribution in [2.45, 2.75) is 6.92 Å². The molecule has 0 unspecified atom stereocenters. The van der Waals surface area contributed by atoms with Crippen LogP contribution in [0.25, 0.3) is 11.6 Å². The van der Waals surface area contributed by atoms with Crippen molar-refractivity contribution in [1.29, 1.82) is 0 Å². The quantitative estimate of drug-likeness (QED) is 0.467. The minimum Gasteiger partial charge on any atom is -0.268 e. The Hall–Kier alpha value is -3.60. The summed E-state index contributed by atoms with van der Waals surface area (Å²) in [6, 6.07) is 17.0. The SMILES string of the molecule is Cc1cccc(N2C(=O)/C(=C\c3c(F)cccc3F)c3ccccc3C2=O)c1. The lowest BCUT2D eigenvalue weighted by Gasteiger charge is -2.29. The van der Waals surface area contributed by atoms with Gasteiger partial charge in [-0.1, -0.05) is 36.4 Å². The summed E-state index contributed by atoms with van der Waals surface area (Å²) in [4.78, 5) is 27.3. The number of benzene rings is 3. The minimum absolute atomic E-state index is 0.0562. The number of carbonyl (C=O) groups is 2. The maximum atomic E-state index is 14.2. The zero-order valence-corrected chi connectivity index (χ0v) is 14.9. The van der Waals surface area contributed by atoms with Crippen molar-refractivity contribution >= 4 is 29.2 Å². The molecule has 0 atom stereocenters. The van der Waals surface area contributed by atoms with E-state index in [2.05, 4.69) is 0 Å². The van der Waals surface area contributed by atoms with Gasteiger partial charge in [0.25, 0.3) is 11.8 Å². The van der Waals surface area contributed by atoms with E-state index in [-0.39, 0.29) is 11.1 Å². The van der Waals surface area contributed by atoms with Crippen LogP contribution >= 0.6 is 0 Å². The number of hydrogen-bond acceptors (Lipinski definition) is 2. The van der Waals surface area contributed by atoms with Crippen molar-refractivity contribution in [3.05, 3.63) is 101 Å². The summed E-state index contributed by atoms with van der Waals surface area (Å²) in [5.74, 6) is -2.66. The number of hydrogen-bond donors (Lipinski definition) is 0. The average molecular weight is 375 g/mol. The van der Waals surface area contributed by atoms with Gasteiger partial charge in [0.1, 0.15) is 11.6 Å². The van der Waals surface area contributed by atoms with Crippen molar-refractivity contribution < 1.29 is 18.4 Å². The van der Waals surface area contributed by atoms with Gasteiger partial charge in [-0.25, -0.2) is 13.7 Å². The standard InChI is InChI=1S/C23H15F2NO2/c1-14-6-4-7-15(12-14)26-22(27)17-9-3-2-8-16(17)18(23(26)28)13-19-20(24)10-5-11-21(19)25/h2-13H,1H3/b18-13-. The van der Waals surface area contributed by atoms with E-state index < -0.39 is 23.4 Å². The maximum absolute atomic E-state index is 14.2. The van der Waals surface area contributed by atoms with E-state index in [1.54, 1.807) is 42.5 Å². The predicted molar refractivity (Wildman–Crippen MR) is 104 cm³/mol. The predicted octanol–water partition coefficient (Wildman–Crippen LogP) is 5.00. The number of amides is 2. The van der Waals surface area contributed by atoms with Crippen LogP contribution in [0.1, 0.15) is 27.0 Å². The average Bonchev–Trinajstić information content (AvgIpc) is 2.67. The molecule has 3 nitrogen and oxygen atoms in total. The first kappa shape index (κ1) is 17.8. The van der Waals surface area contributed by atoms with Crippen LogP contribution in [0.5, 0.6) is 0 Å². The zero-order valence-electron chi connectivity index (χ0n) is 14.9. The molecule has 0 aromatic heterocycles. The molecule has 1 heterocycles. The number of aryl methyl sites for hydroxylation is 1. The Balaban J connectivity index is 1.95. The molecule has 0 saturated heterocycles. The molecule has 5 heteroatoms. The highest BCUT2D eigenvalue weighted by Gasteiger charge is 2.36. The summed E-state index contributed by atoms with van der Waals surface area (Å²) in [6.45, 7) is 1.85. The highest BCUT2D eigenvalue weighted by atomic mass is 19.1. The van der Waals surface area contributed by atoms with Gasteiger partial charge < -0.3 is 0 Å². The highest BCUT2D eigenvalue weighted by Crippen LogP contribution is 2.34. The third kappa shape index (κ3) is 2.91. The normalized spacial score (nSPS) is 15.1. The second kappa shape index (κ2) is 6.85. The van der Waals surface area contributed by atoms with Gasteiger partial charge in [-0.05, 0) is 54.5 Å². The number of nitrogens with zero attached hydrogens (tertiary/aromatic N) is 1. The molecule has 4 rings (SSSR count). The van der Waals surface area contributed by atoms with Crippen LogP contribution in [0.2, 0.25) is 0 Å². The summed E-state index contributed by atoms with van der Waals surface area (Å²) < 4.78 is 28.4. The van der Waals surface area contributed by atoms with Crippen LogP contribution in [0.3, 0.4) is 0 Å². The number of anilines is 1. The summed E-state index contributed by atoms with van der Waals surface area (Å²) >= 11 is 0. The number of imide groups is 1. The van der Waals surface area contributed by atoms with Crippen LogP contribution in [0.15, 0.2) is 66.7 Å². The number of fused-ring (bicyclic) bond motifs is 1. The molecule has 3 aromatic carbocycles. The molecule has 0 bridgehead atoms. The Labute approximate surface area is 160 Å². The monoisotopic (exact) mass is 375 g/mol. The Morgan fingerprint density at radius 2 is 1.43 bits per heavy atom. The summed E-state index contributed by atoms with van der Waals surface area (Å²) in [5, 5.41) is 0. The van der Waals surface area contributed by atoms with Gasteiger partial charge in [0, 0.05) is 16.7 Å². The lowest BCUT2D eigenvalue weighted by atomic mass is 9.91. The van der Waals surface area contributed by atoms with E-state index in [0.29, 0.717) is 16.8 Å². The van der Waals surface area contributed by atoms with E-state index in [9.17, 15) is 18.4 Å². The number of carbonyl (C=O) groups excluding carboxylic acids is 2.